The van der Waals surface area contributed by atoms with E-state index in [1.807, 2.05) is 0 Å². The van der Waals surface area contributed by atoms with Crippen molar-refractivity contribution in [2.24, 2.45) is 0 Å². The molecule has 0 saturated heterocycles. The molecule has 0 amide bonds. The van der Waals surface area contributed by atoms with E-state index in [9.17, 15) is 0 Å². The first kappa shape index (κ1) is 52.1. The molecule has 0 radical (unpaired) electrons. The van der Waals surface area contributed by atoms with Crippen LogP contribution in [-0.4, -0.2) is 0 Å². The lowest BCUT2D eigenvalue weighted by Gasteiger charge is -2.35. The van der Waals surface area contributed by atoms with Crippen LogP contribution in [0.3, 0.4) is 0 Å². The molecule has 2 nitrogen and oxygen atoms in total. The zero-order valence-corrected chi connectivity index (χ0v) is 47.3. The third-order valence-electron chi connectivity index (χ3n) is 19.4. The molecule has 0 aromatic heterocycles. The first-order valence-electron chi connectivity index (χ1n) is 30.9. The highest BCUT2D eigenvalue weighted by Crippen LogP contribution is 2.59. The van der Waals surface area contributed by atoms with Gasteiger partial charge in [0.25, 0.3) is 0 Å². The molecule has 7 aromatic rings. The predicted molar refractivity (Wildman–Crippen MR) is 335 cm³/mol. The largest absolute Gasteiger partial charge is 0.310 e. The maximum Gasteiger partial charge on any atom is 0.0540 e. The molecule has 12 rings (SSSR count). The summed E-state index contributed by atoms with van der Waals surface area (Å²) < 4.78 is 0. The molecule has 2 saturated carbocycles. The van der Waals surface area contributed by atoms with Gasteiger partial charge in [0, 0.05) is 39.3 Å². The van der Waals surface area contributed by atoms with E-state index >= 15 is 0 Å². The van der Waals surface area contributed by atoms with Gasteiger partial charge < -0.3 is 9.80 Å². The molecule has 5 aliphatic carbocycles. The lowest BCUT2D eigenvalue weighted by molar-refractivity contribution is 0.398. The van der Waals surface area contributed by atoms with E-state index in [1.165, 1.54) is 189 Å². The summed E-state index contributed by atoms with van der Waals surface area (Å²) in [5.41, 5.74) is 24.4. The summed E-state index contributed by atoms with van der Waals surface area (Å²) in [5, 5.41) is 0. The summed E-state index contributed by atoms with van der Waals surface area (Å²) in [7, 11) is 0. The third kappa shape index (κ3) is 9.85. The normalized spacial score (nSPS) is 19.0. The van der Waals surface area contributed by atoms with E-state index in [0.717, 1.165) is 30.4 Å². The van der Waals surface area contributed by atoms with Crippen LogP contribution in [0.15, 0.2) is 188 Å². The Morgan fingerprint density at radius 1 is 0.474 bits per heavy atom. The Balaban J connectivity index is 1.01. The van der Waals surface area contributed by atoms with E-state index in [-0.39, 0.29) is 5.41 Å². The number of anilines is 5. The van der Waals surface area contributed by atoms with E-state index < -0.39 is 0 Å². The summed E-state index contributed by atoms with van der Waals surface area (Å²) in [5.74, 6) is 2.90. The van der Waals surface area contributed by atoms with Gasteiger partial charge in [0.15, 0.2) is 0 Å². The topological polar surface area (TPSA) is 6.48 Å². The number of para-hydroxylation sites is 3. The van der Waals surface area contributed by atoms with Crippen LogP contribution < -0.4 is 9.80 Å². The van der Waals surface area contributed by atoms with Crippen LogP contribution in [0.2, 0.25) is 0 Å². The molecule has 7 aromatic carbocycles. The van der Waals surface area contributed by atoms with Crippen molar-refractivity contribution in [2.75, 3.05) is 9.80 Å². The Bertz CT molecular complexity index is 3300. The van der Waals surface area contributed by atoms with Crippen LogP contribution in [0.5, 0.6) is 0 Å². The van der Waals surface area contributed by atoms with Crippen molar-refractivity contribution in [1.82, 2.24) is 0 Å². The quantitative estimate of drug-likeness (QED) is 0.0440. The van der Waals surface area contributed by atoms with Crippen LogP contribution in [0.25, 0.3) is 33.4 Å². The van der Waals surface area contributed by atoms with Crippen molar-refractivity contribution in [3.05, 3.63) is 222 Å². The van der Waals surface area contributed by atoms with Gasteiger partial charge in [-0.05, 0) is 198 Å². The van der Waals surface area contributed by atoms with Gasteiger partial charge in [-0.1, -0.05) is 213 Å². The van der Waals surface area contributed by atoms with Crippen molar-refractivity contribution in [1.29, 1.82) is 0 Å². The molecule has 4 bridgehead atoms. The number of hydrogen-bond donors (Lipinski definition) is 0. The van der Waals surface area contributed by atoms with Gasteiger partial charge in [-0.25, -0.2) is 0 Å². The number of hydrogen-bond acceptors (Lipinski definition) is 2. The molecule has 2 heteroatoms. The molecule has 398 valence electrons. The van der Waals surface area contributed by atoms with Crippen molar-refractivity contribution in [3.63, 3.8) is 0 Å². The Morgan fingerprint density at radius 2 is 0.962 bits per heavy atom. The number of nitrogens with zero attached hydrogens (tertiary/aromatic N) is 2. The van der Waals surface area contributed by atoms with Gasteiger partial charge in [-0.3, -0.25) is 0 Å². The van der Waals surface area contributed by atoms with E-state index in [0.29, 0.717) is 11.8 Å². The molecule has 0 heterocycles. The van der Waals surface area contributed by atoms with Crippen molar-refractivity contribution in [2.45, 2.75) is 178 Å². The van der Waals surface area contributed by atoms with Gasteiger partial charge >= 0.3 is 0 Å². The molecule has 5 aliphatic rings. The molecule has 4 unspecified atom stereocenters. The minimum Gasteiger partial charge on any atom is -0.310 e. The Hall–Kier alpha value is -6.64. The fourth-order valence-electron chi connectivity index (χ4n) is 15.5. The SMILES string of the molecule is C=C/C(=C\C=C/C)N(c1ccc2c(c1)C(CCCCCCCC)(CCCCCCCC)c1cc(N(c3ccccc3)c3ccccc3-c3ccc4c(c3)C3CCC4C3)ccc1-2)c1ccccc1-c1ccc2c(c1)C1CCC2C1. The molecular formula is C76H84N2. The van der Waals surface area contributed by atoms with E-state index in [4.69, 9.17) is 0 Å². The standard InChI is InChI=1S/C76H84N2/c1-5-9-12-14-16-25-46-76(47-26-17-15-13-10-6-2)72-52-62(77(60(8-4)27-11-7-3)74-32-23-21-30-66(74)58-38-42-64-54-34-36-56(48-54)70(64)50-58)40-44-68(72)69-45-41-63(53-73(69)76)78(61-28-19-18-20-29-61)75-33-24-22-31-67(75)59-39-43-65-55-35-37-57(49-55)71(65)51-59/h7-8,11,18-24,27-33,38-45,50-57H,4-6,9-10,12-17,25-26,34-37,46-49H2,1-3H3/b11-7-,60-27+. The fraction of sp³-hybridized carbons (Fsp3) is 0.368. The Kier molecular flexibility index (Phi) is 15.6. The number of unbranched alkanes of at least 4 members (excludes halogenated alkanes) is 10. The van der Waals surface area contributed by atoms with Crippen molar-refractivity contribution in [3.8, 4) is 33.4 Å². The van der Waals surface area contributed by atoms with Crippen LogP contribution in [-0.2, 0) is 5.41 Å². The van der Waals surface area contributed by atoms with Gasteiger partial charge in [0.05, 0.1) is 11.4 Å². The lowest BCUT2D eigenvalue weighted by Crippen LogP contribution is -2.26. The first-order chi connectivity index (χ1) is 38.5. The summed E-state index contributed by atoms with van der Waals surface area (Å²) in [4.78, 5) is 5.10. The molecule has 0 aliphatic heterocycles. The number of benzene rings is 7. The second-order valence-electron chi connectivity index (χ2n) is 24.0. The van der Waals surface area contributed by atoms with E-state index in [1.54, 1.807) is 22.3 Å². The van der Waals surface area contributed by atoms with Crippen molar-refractivity contribution < 1.29 is 0 Å². The fourth-order valence-corrected chi connectivity index (χ4v) is 15.5. The minimum absolute atomic E-state index is 0.167. The second-order valence-corrected chi connectivity index (χ2v) is 24.0. The van der Waals surface area contributed by atoms with Crippen molar-refractivity contribution >= 4 is 28.4 Å². The van der Waals surface area contributed by atoms with Crippen LogP contribution in [0, 0.1) is 0 Å². The first-order valence-corrected chi connectivity index (χ1v) is 30.9. The van der Waals surface area contributed by atoms with Crippen LogP contribution in [0.1, 0.15) is 206 Å². The maximum absolute atomic E-state index is 4.51. The third-order valence-corrected chi connectivity index (χ3v) is 19.4. The molecule has 2 fully saturated rings. The minimum atomic E-state index is -0.167. The Labute approximate surface area is 469 Å². The summed E-state index contributed by atoms with van der Waals surface area (Å²) in [6.45, 7) is 11.3. The monoisotopic (exact) mass is 1020 g/mol. The Morgan fingerprint density at radius 3 is 1.53 bits per heavy atom. The van der Waals surface area contributed by atoms with Gasteiger partial charge in [0.2, 0.25) is 0 Å². The highest BCUT2D eigenvalue weighted by atomic mass is 15.2. The predicted octanol–water partition coefficient (Wildman–Crippen LogP) is 22.8. The molecule has 0 N–H and O–H groups in total. The average molecular weight is 1030 g/mol. The highest BCUT2D eigenvalue weighted by molar-refractivity contribution is 5.93. The van der Waals surface area contributed by atoms with Crippen LogP contribution >= 0.6 is 0 Å². The zero-order chi connectivity index (χ0) is 53.0. The number of allylic oxidation sites excluding steroid dienone is 4. The zero-order valence-electron chi connectivity index (χ0n) is 47.3. The van der Waals surface area contributed by atoms with Gasteiger partial charge in [-0.2, -0.15) is 0 Å². The number of fused-ring (bicyclic) bond motifs is 13. The summed E-state index contributed by atoms with van der Waals surface area (Å²) >= 11 is 0. The molecular weight excluding hydrogens is 941 g/mol. The van der Waals surface area contributed by atoms with E-state index in [2.05, 4.69) is 213 Å². The lowest BCUT2D eigenvalue weighted by atomic mass is 9.70. The van der Waals surface area contributed by atoms with Crippen LogP contribution in [0.4, 0.5) is 28.4 Å². The second kappa shape index (κ2) is 23.4. The average Bonchev–Trinajstić information content (AvgIpc) is 4.53. The molecule has 78 heavy (non-hydrogen) atoms. The van der Waals surface area contributed by atoms with Gasteiger partial charge in [-0.15, -0.1) is 0 Å². The number of rotatable bonds is 24. The molecule has 0 spiro atoms. The molecule has 4 atom stereocenters. The summed E-state index contributed by atoms with van der Waals surface area (Å²) in [6, 6.07) is 59.6. The highest BCUT2D eigenvalue weighted by Gasteiger charge is 2.44. The maximum atomic E-state index is 4.51. The summed E-state index contributed by atoms with van der Waals surface area (Å²) in [6.07, 6.45) is 34.3. The van der Waals surface area contributed by atoms with Gasteiger partial charge in [0.1, 0.15) is 0 Å². The smallest absolute Gasteiger partial charge is 0.0540 e.